The molecule has 3 aromatic rings. The molecule has 0 bridgehead atoms. The molecule has 0 saturated carbocycles. The minimum atomic E-state index is -0.618. The lowest BCUT2D eigenvalue weighted by Crippen LogP contribution is -2.27. The molecule has 0 saturated heterocycles. The van der Waals surface area contributed by atoms with E-state index in [2.05, 4.69) is 10.3 Å². The standard InChI is InChI=1S/C17H14FN3O2/c1-10-5-6-12(18)8-14(10)20-16(22)13-9-19-15-11(2)4-3-7-21(15)17(13)23/h3-9H,1-2H3,(H,20,22). The van der Waals surface area contributed by atoms with Crippen molar-refractivity contribution in [2.75, 3.05) is 5.32 Å². The fourth-order valence-electron chi connectivity index (χ4n) is 2.32. The second kappa shape index (κ2) is 5.64. The van der Waals surface area contributed by atoms with E-state index < -0.39 is 17.3 Å². The number of pyridine rings is 1. The Labute approximate surface area is 131 Å². The first-order valence-corrected chi connectivity index (χ1v) is 7.02. The molecular formula is C17H14FN3O2. The molecule has 0 aliphatic heterocycles. The summed E-state index contributed by atoms with van der Waals surface area (Å²) in [4.78, 5) is 29.0. The molecule has 0 unspecified atom stereocenters. The molecule has 116 valence electrons. The van der Waals surface area contributed by atoms with Crippen molar-refractivity contribution in [1.29, 1.82) is 0 Å². The van der Waals surface area contributed by atoms with Crippen LogP contribution < -0.4 is 10.9 Å². The van der Waals surface area contributed by atoms with Gasteiger partial charge in [0.15, 0.2) is 0 Å². The zero-order valence-electron chi connectivity index (χ0n) is 12.6. The molecule has 6 heteroatoms. The van der Waals surface area contributed by atoms with Crippen LogP contribution in [0, 0.1) is 19.7 Å². The Morgan fingerprint density at radius 1 is 1.22 bits per heavy atom. The lowest BCUT2D eigenvalue weighted by molar-refractivity contribution is 0.102. The molecule has 1 amide bonds. The van der Waals surface area contributed by atoms with E-state index >= 15 is 0 Å². The van der Waals surface area contributed by atoms with Crippen molar-refractivity contribution in [1.82, 2.24) is 9.38 Å². The van der Waals surface area contributed by atoms with Gasteiger partial charge in [0, 0.05) is 18.1 Å². The first-order valence-electron chi connectivity index (χ1n) is 7.02. The van der Waals surface area contributed by atoms with Crippen molar-refractivity contribution in [2.45, 2.75) is 13.8 Å². The van der Waals surface area contributed by atoms with Crippen LogP contribution in [0.25, 0.3) is 5.65 Å². The highest BCUT2D eigenvalue weighted by Crippen LogP contribution is 2.16. The van der Waals surface area contributed by atoms with Gasteiger partial charge in [-0.25, -0.2) is 9.37 Å². The van der Waals surface area contributed by atoms with E-state index in [1.807, 2.05) is 13.0 Å². The quantitative estimate of drug-likeness (QED) is 0.791. The first kappa shape index (κ1) is 14.9. The van der Waals surface area contributed by atoms with Crippen LogP contribution in [0.1, 0.15) is 21.5 Å². The highest BCUT2D eigenvalue weighted by Gasteiger charge is 2.15. The maximum absolute atomic E-state index is 13.3. The van der Waals surface area contributed by atoms with Gasteiger partial charge < -0.3 is 5.32 Å². The van der Waals surface area contributed by atoms with Gasteiger partial charge in [0.2, 0.25) is 0 Å². The number of fused-ring (bicyclic) bond motifs is 1. The predicted molar refractivity (Wildman–Crippen MR) is 85.3 cm³/mol. The first-order chi connectivity index (χ1) is 11.0. The number of hydrogen-bond acceptors (Lipinski definition) is 3. The molecule has 0 atom stereocenters. The molecule has 5 nitrogen and oxygen atoms in total. The number of anilines is 1. The molecule has 0 fully saturated rings. The number of nitrogens with one attached hydrogen (secondary N) is 1. The Bertz CT molecular complexity index is 979. The Morgan fingerprint density at radius 3 is 2.78 bits per heavy atom. The molecule has 2 aromatic heterocycles. The maximum Gasteiger partial charge on any atom is 0.270 e. The van der Waals surface area contributed by atoms with Gasteiger partial charge >= 0.3 is 0 Å². The zero-order chi connectivity index (χ0) is 16.6. The fourth-order valence-corrected chi connectivity index (χ4v) is 2.32. The number of nitrogens with zero attached hydrogens (tertiary/aromatic N) is 2. The van der Waals surface area contributed by atoms with Gasteiger partial charge in [-0.3, -0.25) is 14.0 Å². The van der Waals surface area contributed by atoms with Crippen LogP contribution in [0.3, 0.4) is 0 Å². The van der Waals surface area contributed by atoms with Crippen LogP contribution in [-0.2, 0) is 0 Å². The molecule has 0 aliphatic carbocycles. The van der Waals surface area contributed by atoms with Crippen LogP contribution in [0.4, 0.5) is 10.1 Å². The minimum absolute atomic E-state index is 0.100. The maximum atomic E-state index is 13.3. The Hall–Kier alpha value is -3.02. The van der Waals surface area contributed by atoms with Gasteiger partial charge in [0.05, 0.1) is 0 Å². The third-order valence-corrected chi connectivity index (χ3v) is 3.62. The van der Waals surface area contributed by atoms with Crippen LogP contribution in [-0.4, -0.2) is 15.3 Å². The molecule has 3 rings (SSSR count). The number of amides is 1. The number of carbonyl (C=O) groups excluding carboxylic acids is 1. The van der Waals surface area contributed by atoms with Crippen molar-refractivity contribution in [3.63, 3.8) is 0 Å². The van der Waals surface area contributed by atoms with Crippen molar-refractivity contribution in [3.05, 3.63) is 75.6 Å². The van der Waals surface area contributed by atoms with Gasteiger partial charge in [-0.15, -0.1) is 0 Å². The van der Waals surface area contributed by atoms with Crippen LogP contribution in [0.15, 0.2) is 47.5 Å². The second-order valence-corrected chi connectivity index (χ2v) is 5.28. The summed E-state index contributed by atoms with van der Waals surface area (Å²) in [7, 11) is 0. The van der Waals surface area contributed by atoms with E-state index in [1.165, 1.54) is 22.7 Å². The van der Waals surface area contributed by atoms with Crippen LogP contribution in [0.5, 0.6) is 0 Å². The average Bonchev–Trinajstić information content (AvgIpc) is 2.52. The molecular weight excluding hydrogens is 297 g/mol. The molecule has 1 aromatic carbocycles. The Balaban J connectivity index is 2.03. The van der Waals surface area contributed by atoms with Gasteiger partial charge in [0.25, 0.3) is 11.5 Å². The van der Waals surface area contributed by atoms with Crippen molar-refractivity contribution < 1.29 is 9.18 Å². The van der Waals surface area contributed by atoms with Gasteiger partial charge in [-0.1, -0.05) is 12.1 Å². The van der Waals surface area contributed by atoms with Crippen LogP contribution >= 0.6 is 0 Å². The smallest absolute Gasteiger partial charge is 0.270 e. The molecule has 23 heavy (non-hydrogen) atoms. The normalized spacial score (nSPS) is 10.7. The number of benzene rings is 1. The summed E-state index contributed by atoms with van der Waals surface area (Å²) in [5.41, 5.74) is 1.78. The fraction of sp³-hybridized carbons (Fsp3) is 0.118. The van der Waals surface area contributed by atoms with Gasteiger partial charge in [-0.2, -0.15) is 0 Å². The van der Waals surface area contributed by atoms with Crippen LogP contribution in [0.2, 0.25) is 0 Å². The second-order valence-electron chi connectivity index (χ2n) is 5.28. The molecule has 0 spiro atoms. The number of aromatic nitrogens is 2. The van der Waals surface area contributed by atoms with E-state index in [9.17, 15) is 14.0 Å². The molecule has 1 N–H and O–H groups in total. The lowest BCUT2D eigenvalue weighted by atomic mass is 10.2. The number of rotatable bonds is 2. The highest BCUT2D eigenvalue weighted by molar-refractivity contribution is 6.04. The molecule has 0 aliphatic rings. The SMILES string of the molecule is Cc1ccc(F)cc1NC(=O)c1cnc2c(C)cccn2c1=O. The van der Waals surface area contributed by atoms with E-state index in [1.54, 1.807) is 25.3 Å². The largest absolute Gasteiger partial charge is 0.321 e. The predicted octanol–water partition coefficient (Wildman–Crippen LogP) is 2.70. The topological polar surface area (TPSA) is 63.5 Å². The van der Waals surface area contributed by atoms with Crippen molar-refractivity contribution in [2.24, 2.45) is 0 Å². The summed E-state index contributed by atoms with van der Waals surface area (Å²) in [6.45, 7) is 3.57. The number of carbonyl (C=O) groups is 1. The zero-order valence-corrected chi connectivity index (χ0v) is 12.6. The van der Waals surface area contributed by atoms with Gasteiger partial charge in [-0.05, 0) is 43.2 Å². The molecule has 2 heterocycles. The number of hydrogen-bond donors (Lipinski definition) is 1. The Morgan fingerprint density at radius 2 is 2.00 bits per heavy atom. The van der Waals surface area contributed by atoms with E-state index in [0.29, 0.717) is 16.9 Å². The summed E-state index contributed by atoms with van der Waals surface area (Å²) in [5, 5.41) is 2.56. The van der Waals surface area contributed by atoms with Crippen molar-refractivity contribution in [3.8, 4) is 0 Å². The monoisotopic (exact) mass is 311 g/mol. The van der Waals surface area contributed by atoms with E-state index in [4.69, 9.17) is 0 Å². The van der Waals surface area contributed by atoms with Crippen molar-refractivity contribution >= 4 is 17.2 Å². The average molecular weight is 311 g/mol. The summed E-state index contributed by atoms with van der Waals surface area (Å²) in [5.74, 6) is -1.08. The summed E-state index contributed by atoms with van der Waals surface area (Å²) in [6, 6.07) is 7.62. The Kier molecular flexibility index (Phi) is 3.65. The number of halogens is 1. The van der Waals surface area contributed by atoms with Gasteiger partial charge in [0.1, 0.15) is 17.0 Å². The van der Waals surface area contributed by atoms with E-state index in [-0.39, 0.29) is 5.56 Å². The minimum Gasteiger partial charge on any atom is -0.321 e. The summed E-state index contributed by atoms with van der Waals surface area (Å²) < 4.78 is 14.6. The third-order valence-electron chi connectivity index (χ3n) is 3.62. The van der Waals surface area contributed by atoms with E-state index in [0.717, 1.165) is 5.56 Å². The third kappa shape index (κ3) is 2.70. The number of aryl methyl sites for hydroxylation is 2. The lowest BCUT2D eigenvalue weighted by Gasteiger charge is -2.09. The highest BCUT2D eigenvalue weighted by atomic mass is 19.1. The molecule has 0 radical (unpaired) electrons. The summed E-state index contributed by atoms with van der Waals surface area (Å²) >= 11 is 0. The summed E-state index contributed by atoms with van der Waals surface area (Å²) in [6.07, 6.45) is 2.80.